The summed E-state index contributed by atoms with van der Waals surface area (Å²) in [6.07, 6.45) is 2.50. The first kappa shape index (κ1) is 14.3. The number of hydrogen-bond acceptors (Lipinski definition) is 3. The Balaban J connectivity index is 1.66. The second-order valence-electron chi connectivity index (χ2n) is 5.93. The van der Waals surface area contributed by atoms with Crippen molar-refractivity contribution in [3.05, 3.63) is 29.6 Å². The predicted octanol–water partition coefficient (Wildman–Crippen LogP) is 1.75. The number of benzene rings is 1. The van der Waals surface area contributed by atoms with Gasteiger partial charge in [-0.2, -0.15) is 0 Å². The molecule has 0 aromatic heterocycles. The molecule has 114 valence electrons. The Bertz CT molecular complexity index is 522. The van der Waals surface area contributed by atoms with Crippen LogP contribution in [0.4, 0.5) is 10.1 Å². The molecule has 5 heteroatoms. The number of halogens is 1. The van der Waals surface area contributed by atoms with E-state index in [0.29, 0.717) is 37.9 Å². The monoisotopic (exact) mass is 291 g/mol. The molecule has 0 bridgehead atoms. The number of carbonyl (C=O) groups is 1. The maximum absolute atomic E-state index is 14.1. The van der Waals surface area contributed by atoms with E-state index in [1.165, 1.54) is 12.8 Å². The van der Waals surface area contributed by atoms with Crippen molar-refractivity contribution < 1.29 is 9.18 Å². The minimum absolute atomic E-state index is 0.0949. The number of amides is 1. The summed E-state index contributed by atoms with van der Waals surface area (Å²) in [5, 5.41) is 3.45. The van der Waals surface area contributed by atoms with Gasteiger partial charge >= 0.3 is 0 Å². The van der Waals surface area contributed by atoms with E-state index < -0.39 is 0 Å². The summed E-state index contributed by atoms with van der Waals surface area (Å²) in [4.78, 5) is 15.2. The third kappa shape index (κ3) is 3.53. The zero-order valence-corrected chi connectivity index (χ0v) is 12.4. The average molecular weight is 291 g/mol. The molecule has 1 aliphatic heterocycles. The Labute approximate surface area is 124 Å². The maximum Gasteiger partial charge on any atom is 0.219 e. The molecule has 21 heavy (non-hydrogen) atoms. The van der Waals surface area contributed by atoms with Crippen LogP contribution in [0.5, 0.6) is 0 Å². The van der Waals surface area contributed by atoms with Crippen LogP contribution in [0.15, 0.2) is 18.2 Å². The third-order valence-corrected chi connectivity index (χ3v) is 4.25. The first-order valence-corrected chi connectivity index (χ1v) is 7.66. The van der Waals surface area contributed by atoms with Crippen LogP contribution in [-0.2, 0) is 11.3 Å². The summed E-state index contributed by atoms with van der Waals surface area (Å²) < 4.78 is 14.1. The Morgan fingerprint density at radius 3 is 2.62 bits per heavy atom. The highest BCUT2D eigenvalue weighted by molar-refractivity contribution is 5.73. The predicted molar refractivity (Wildman–Crippen MR) is 80.7 cm³/mol. The lowest BCUT2D eigenvalue weighted by Crippen LogP contribution is -2.48. The number of rotatable bonds is 4. The molecule has 0 unspecified atom stereocenters. The van der Waals surface area contributed by atoms with Gasteiger partial charge in [0.1, 0.15) is 5.82 Å². The highest BCUT2D eigenvalue weighted by atomic mass is 19.1. The van der Waals surface area contributed by atoms with E-state index in [0.717, 1.165) is 12.1 Å². The average Bonchev–Trinajstić information content (AvgIpc) is 3.31. The van der Waals surface area contributed by atoms with E-state index in [2.05, 4.69) is 5.32 Å². The highest BCUT2D eigenvalue weighted by Crippen LogP contribution is 2.24. The lowest BCUT2D eigenvalue weighted by Gasteiger charge is -2.36. The minimum atomic E-state index is -0.179. The van der Waals surface area contributed by atoms with Crippen LogP contribution < -0.4 is 10.2 Å². The summed E-state index contributed by atoms with van der Waals surface area (Å²) in [5.41, 5.74) is 1.78. The fraction of sp³-hybridized carbons (Fsp3) is 0.562. The van der Waals surface area contributed by atoms with Crippen LogP contribution in [0.2, 0.25) is 0 Å². The summed E-state index contributed by atoms with van der Waals surface area (Å²) in [6, 6.07) is 5.99. The first-order chi connectivity index (χ1) is 10.1. The smallest absolute Gasteiger partial charge is 0.219 e. The second kappa shape index (κ2) is 6.02. The molecule has 0 atom stereocenters. The number of carbonyl (C=O) groups excluding carboxylic acids is 1. The van der Waals surface area contributed by atoms with Crippen LogP contribution in [0.3, 0.4) is 0 Å². The van der Waals surface area contributed by atoms with E-state index in [4.69, 9.17) is 0 Å². The molecule has 0 spiro atoms. The Morgan fingerprint density at radius 2 is 2.00 bits per heavy atom. The van der Waals surface area contributed by atoms with E-state index in [-0.39, 0.29) is 11.7 Å². The summed E-state index contributed by atoms with van der Waals surface area (Å²) >= 11 is 0. The van der Waals surface area contributed by atoms with Crippen molar-refractivity contribution in [2.45, 2.75) is 32.4 Å². The number of anilines is 1. The van der Waals surface area contributed by atoms with Crippen LogP contribution in [0.25, 0.3) is 0 Å². The highest BCUT2D eigenvalue weighted by Gasteiger charge is 2.22. The van der Waals surface area contributed by atoms with Crippen molar-refractivity contribution in [1.82, 2.24) is 10.2 Å². The lowest BCUT2D eigenvalue weighted by molar-refractivity contribution is -0.129. The van der Waals surface area contributed by atoms with E-state index in [1.807, 2.05) is 21.9 Å². The molecule has 3 rings (SSSR count). The SMILES string of the molecule is CC(=O)N1CCN(c2cc(CNC3CC3)ccc2F)CC1. The van der Waals surface area contributed by atoms with Crippen molar-refractivity contribution >= 4 is 11.6 Å². The maximum atomic E-state index is 14.1. The molecular weight excluding hydrogens is 269 g/mol. The molecule has 4 nitrogen and oxygen atoms in total. The molecule has 1 aliphatic carbocycles. The Kier molecular flexibility index (Phi) is 4.10. The Hall–Kier alpha value is -1.62. The standard InChI is InChI=1S/C16H22FN3O/c1-12(21)19-6-8-20(9-7-19)16-10-13(2-5-15(16)17)11-18-14-3-4-14/h2,5,10,14,18H,3-4,6-9,11H2,1H3. The second-order valence-corrected chi connectivity index (χ2v) is 5.93. The molecule has 1 saturated heterocycles. The van der Waals surface area contributed by atoms with Gasteiger partial charge in [0.15, 0.2) is 0 Å². The molecule has 2 aliphatic rings. The van der Waals surface area contributed by atoms with E-state index in [1.54, 1.807) is 13.0 Å². The number of nitrogens with one attached hydrogen (secondary N) is 1. The van der Waals surface area contributed by atoms with Crippen LogP contribution in [0.1, 0.15) is 25.3 Å². The number of hydrogen-bond donors (Lipinski definition) is 1. The van der Waals surface area contributed by atoms with Gasteiger partial charge < -0.3 is 15.1 Å². The van der Waals surface area contributed by atoms with Gasteiger partial charge in [0, 0.05) is 45.7 Å². The van der Waals surface area contributed by atoms with Gasteiger partial charge in [0.25, 0.3) is 0 Å². The van der Waals surface area contributed by atoms with Gasteiger partial charge in [-0.25, -0.2) is 4.39 Å². The fourth-order valence-corrected chi connectivity index (χ4v) is 2.72. The van der Waals surface area contributed by atoms with E-state index in [9.17, 15) is 9.18 Å². The normalized spacial score (nSPS) is 19.0. The van der Waals surface area contributed by atoms with Crippen LogP contribution >= 0.6 is 0 Å². The topological polar surface area (TPSA) is 35.6 Å². The molecule has 1 heterocycles. The zero-order chi connectivity index (χ0) is 14.8. The van der Waals surface area contributed by atoms with Crippen molar-refractivity contribution in [2.24, 2.45) is 0 Å². The molecule has 2 fully saturated rings. The van der Waals surface area contributed by atoms with Gasteiger partial charge in [-0.05, 0) is 30.5 Å². The molecule has 1 aromatic carbocycles. The summed E-state index contributed by atoms with van der Waals surface area (Å²) in [7, 11) is 0. The molecule has 1 N–H and O–H groups in total. The molecule has 1 amide bonds. The first-order valence-electron chi connectivity index (χ1n) is 7.66. The van der Waals surface area contributed by atoms with Crippen LogP contribution in [-0.4, -0.2) is 43.0 Å². The van der Waals surface area contributed by atoms with Crippen molar-refractivity contribution in [3.8, 4) is 0 Å². The quantitative estimate of drug-likeness (QED) is 0.918. The zero-order valence-electron chi connectivity index (χ0n) is 12.4. The molecule has 1 aromatic rings. The largest absolute Gasteiger partial charge is 0.366 e. The van der Waals surface area contributed by atoms with Gasteiger partial charge in [-0.1, -0.05) is 6.07 Å². The van der Waals surface area contributed by atoms with Gasteiger partial charge in [0.2, 0.25) is 5.91 Å². The van der Waals surface area contributed by atoms with E-state index >= 15 is 0 Å². The number of nitrogens with zero attached hydrogens (tertiary/aromatic N) is 2. The lowest BCUT2D eigenvalue weighted by atomic mass is 10.1. The molecule has 0 radical (unpaired) electrons. The van der Waals surface area contributed by atoms with Gasteiger partial charge in [-0.3, -0.25) is 4.79 Å². The summed E-state index contributed by atoms with van der Waals surface area (Å²) in [6.45, 7) is 5.09. The third-order valence-electron chi connectivity index (χ3n) is 4.25. The van der Waals surface area contributed by atoms with Gasteiger partial charge in [0.05, 0.1) is 5.69 Å². The van der Waals surface area contributed by atoms with Crippen molar-refractivity contribution in [3.63, 3.8) is 0 Å². The Morgan fingerprint density at radius 1 is 1.29 bits per heavy atom. The number of piperazine rings is 1. The van der Waals surface area contributed by atoms with Crippen molar-refractivity contribution in [2.75, 3.05) is 31.1 Å². The van der Waals surface area contributed by atoms with Gasteiger partial charge in [-0.15, -0.1) is 0 Å². The molecule has 1 saturated carbocycles. The summed E-state index contributed by atoms with van der Waals surface area (Å²) in [5.74, 6) is -0.0843. The van der Waals surface area contributed by atoms with Crippen molar-refractivity contribution in [1.29, 1.82) is 0 Å². The molecular formula is C16H22FN3O. The minimum Gasteiger partial charge on any atom is -0.366 e. The fourth-order valence-electron chi connectivity index (χ4n) is 2.72. The van der Waals surface area contributed by atoms with Crippen LogP contribution in [0, 0.1) is 5.82 Å².